The molecule has 1 heterocycles. The molecule has 0 aromatic heterocycles. The van der Waals surface area contributed by atoms with Crippen molar-refractivity contribution in [3.8, 4) is 5.75 Å². The predicted octanol–water partition coefficient (Wildman–Crippen LogP) is 2.44. The molecule has 25 heavy (non-hydrogen) atoms. The number of hydrogen-bond acceptors (Lipinski definition) is 6. The quantitative estimate of drug-likeness (QED) is 0.809. The molecule has 1 aliphatic rings. The summed E-state index contributed by atoms with van der Waals surface area (Å²) < 4.78 is 47.6. The number of amides is 1. The molecular formula is C16H23NO7S. The van der Waals surface area contributed by atoms with Crippen LogP contribution in [0.4, 0.5) is 4.79 Å². The van der Waals surface area contributed by atoms with Crippen molar-refractivity contribution in [2.75, 3.05) is 14.2 Å². The summed E-state index contributed by atoms with van der Waals surface area (Å²) in [5.74, 6) is 0.679. The minimum absolute atomic E-state index is 0.135. The van der Waals surface area contributed by atoms with Crippen LogP contribution >= 0.6 is 0 Å². The highest BCUT2D eigenvalue weighted by Gasteiger charge is 2.43. The zero-order chi connectivity index (χ0) is 19.2. The van der Waals surface area contributed by atoms with E-state index in [0.717, 1.165) is 12.6 Å². The normalized spacial score (nSPS) is 19.1. The third-order valence-electron chi connectivity index (χ3n) is 4.35. The minimum atomic E-state index is -4.67. The Morgan fingerprint density at radius 2 is 1.96 bits per heavy atom. The van der Waals surface area contributed by atoms with E-state index >= 15 is 0 Å². The Hall–Kier alpha value is -1.84. The summed E-state index contributed by atoms with van der Waals surface area (Å²) in [6.45, 7) is 7.20. The lowest BCUT2D eigenvalue weighted by Crippen LogP contribution is -2.38. The first-order valence-corrected chi connectivity index (χ1v) is 8.99. The Bertz CT molecular complexity index is 786. The van der Waals surface area contributed by atoms with Gasteiger partial charge in [0, 0.05) is 19.7 Å². The van der Waals surface area contributed by atoms with Gasteiger partial charge < -0.3 is 14.2 Å². The van der Waals surface area contributed by atoms with E-state index in [0.29, 0.717) is 11.3 Å². The van der Waals surface area contributed by atoms with Gasteiger partial charge in [-0.05, 0) is 45.4 Å². The number of carbonyl (C=O) groups is 1. The van der Waals surface area contributed by atoms with Crippen molar-refractivity contribution in [1.29, 1.82) is 0 Å². The zero-order valence-electron chi connectivity index (χ0n) is 15.1. The lowest BCUT2D eigenvalue weighted by atomic mass is 9.83. The number of fused-ring (bicyclic) bond motifs is 1. The van der Waals surface area contributed by atoms with Crippen LogP contribution < -0.4 is 4.74 Å². The second-order valence-electron chi connectivity index (χ2n) is 6.94. The first-order chi connectivity index (χ1) is 11.3. The zero-order valence-corrected chi connectivity index (χ0v) is 15.9. The van der Waals surface area contributed by atoms with Crippen molar-refractivity contribution in [1.82, 2.24) is 4.31 Å². The van der Waals surface area contributed by atoms with Crippen LogP contribution in [0.15, 0.2) is 18.2 Å². The third-order valence-corrected chi connectivity index (χ3v) is 5.19. The van der Waals surface area contributed by atoms with Crippen LogP contribution in [0.25, 0.3) is 0 Å². The molecule has 0 bridgehead atoms. The second kappa shape index (κ2) is 6.15. The predicted molar refractivity (Wildman–Crippen MR) is 89.7 cm³/mol. The molecule has 9 heteroatoms. The Balaban J connectivity index is 2.32. The van der Waals surface area contributed by atoms with Crippen molar-refractivity contribution < 1.29 is 32.0 Å². The van der Waals surface area contributed by atoms with E-state index in [1.54, 1.807) is 33.1 Å². The molecule has 2 rings (SSSR count). The smallest absolute Gasteiger partial charge is 0.425 e. The summed E-state index contributed by atoms with van der Waals surface area (Å²) >= 11 is 0. The summed E-state index contributed by atoms with van der Waals surface area (Å²) in [6, 6.07) is 5.33. The first-order valence-electron chi connectivity index (χ1n) is 7.59. The summed E-state index contributed by atoms with van der Waals surface area (Å²) in [4.78, 5) is 12.0. The second-order valence-corrected chi connectivity index (χ2v) is 8.39. The van der Waals surface area contributed by atoms with Gasteiger partial charge in [-0.1, -0.05) is 6.07 Å². The van der Waals surface area contributed by atoms with Crippen LogP contribution in [0, 0.1) is 0 Å². The molecule has 0 spiro atoms. The summed E-state index contributed by atoms with van der Waals surface area (Å²) in [6.07, 6.45) is -1.62. The molecule has 0 aliphatic carbocycles. The van der Waals surface area contributed by atoms with Gasteiger partial charge in [0.1, 0.15) is 11.4 Å². The molecule has 0 radical (unpaired) electrons. The SMILES string of the molecule is COC1Oc2ccc(C(C)(C)OC(=O)N(C)S(=O)(=O)O)cc2C1(C)C. The topological polar surface area (TPSA) is 102 Å². The van der Waals surface area contributed by atoms with Gasteiger partial charge in [0.05, 0.1) is 5.41 Å². The van der Waals surface area contributed by atoms with Crippen LogP contribution in [-0.4, -0.2) is 43.8 Å². The molecule has 1 unspecified atom stereocenters. The molecular weight excluding hydrogens is 350 g/mol. The van der Waals surface area contributed by atoms with Crippen molar-refractivity contribution in [3.05, 3.63) is 29.3 Å². The average molecular weight is 373 g/mol. The van der Waals surface area contributed by atoms with Crippen LogP contribution in [0.1, 0.15) is 38.8 Å². The Morgan fingerprint density at radius 3 is 2.48 bits per heavy atom. The lowest BCUT2D eigenvalue weighted by Gasteiger charge is -2.29. The van der Waals surface area contributed by atoms with E-state index in [1.807, 2.05) is 19.9 Å². The molecule has 1 aliphatic heterocycles. The highest BCUT2D eigenvalue weighted by atomic mass is 32.2. The fourth-order valence-corrected chi connectivity index (χ4v) is 2.90. The number of rotatable bonds is 4. The lowest BCUT2D eigenvalue weighted by molar-refractivity contribution is -0.0779. The standard InChI is InChI=1S/C16H23NO7S/c1-15(2)11-9-10(7-8-12(11)23-13(15)22-6)16(3,4)24-14(18)17(5)25(19,20)21/h7-9,13H,1-6H3,(H,19,20,21). The van der Waals surface area contributed by atoms with E-state index in [9.17, 15) is 13.2 Å². The molecule has 1 aromatic rings. The van der Waals surface area contributed by atoms with Gasteiger partial charge in [-0.3, -0.25) is 4.55 Å². The van der Waals surface area contributed by atoms with E-state index in [2.05, 4.69) is 0 Å². The molecule has 1 aromatic carbocycles. The number of benzene rings is 1. The van der Waals surface area contributed by atoms with Gasteiger partial charge in [-0.15, -0.1) is 0 Å². The van der Waals surface area contributed by atoms with E-state index < -0.39 is 33.7 Å². The fourth-order valence-electron chi connectivity index (χ4n) is 2.68. The van der Waals surface area contributed by atoms with Crippen molar-refractivity contribution >= 4 is 16.4 Å². The van der Waals surface area contributed by atoms with Crippen molar-refractivity contribution in [2.45, 2.75) is 45.0 Å². The maximum Gasteiger partial charge on any atom is 0.425 e. The molecule has 1 amide bonds. The van der Waals surface area contributed by atoms with Gasteiger partial charge in [-0.25, -0.2) is 4.79 Å². The first kappa shape index (κ1) is 19.5. The van der Waals surface area contributed by atoms with Gasteiger partial charge in [-0.2, -0.15) is 12.7 Å². The molecule has 0 fully saturated rings. The Morgan fingerprint density at radius 1 is 1.36 bits per heavy atom. The molecule has 1 N–H and O–H groups in total. The van der Waals surface area contributed by atoms with Crippen LogP contribution in [0.3, 0.4) is 0 Å². The molecule has 0 saturated heterocycles. The van der Waals surface area contributed by atoms with Crippen LogP contribution in [0.5, 0.6) is 5.75 Å². The van der Waals surface area contributed by atoms with E-state index in [-0.39, 0.29) is 4.31 Å². The van der Waals surface area contributed by atoms with Gasteiger partial charge in [0.15, 0.2) is 0 Å². The molecule has 0 saturated carbocycles. The van der Waals surface area contributed by atoms with E-state index in [1.165, 1.54) is 0 Å². The minimum Gasteiger partial charge on any atom is -0.464 e. The van der Waals surface area contributed by atoms with Crippen LogP contribution in [0.2, 0.25) is 0 Å². The summed E-state index contributed by atoms with van der Waals surface area (Å²) in [7, 11) is -2.19. The number of ether oxygens (including phenoxy) is 3. The van der Waals surface area contributed by atoms with Gasteiger partial charge in [0.2, 0.25) is 6.29 Å². The van der Waals surface area contributed by atoms with Gasteiger partial charge in [0.25, 0.3) is 0 Å². The van der Waals surface area contributed by atoms with Gasteiger partial charge >= 0.3 is 16.4 Å². The molecule has 8 nitrogen and oxygen atoms in total. The Kier molecular flexibility index (Phi) is 4.79. The monoisotopic (exact) mass is 373 g/mol. The number of hydrogen-bond donors (Lipinski definition) is 1. The van der Waals surface area contributed by atoms with E-state index in [4.69, 9.17) is 18.8 Å². The van der Waals surface area contributed by atoms with Crippen molar-refractivity contribution in [3.63, 3.8) is 0 Å². The maximum atomic E-state index is 12.0. The highest BCUT2D eigenvalue weighted by Crippen LogP contribution is 2.44. The molecule has 1 atom stereocenters. The highest BCUT2D eigenvalue weighted by molar-refractivity contribution is 7.83. The molecule has 140 valence electrons. The third kappa shape index (κ3) is 3.58. The maximum absolute atomic E-state index is 12.0. The average Bonchev–Trinajstić information content (AvgIpc) is 2.75. The number of carbonyl (C=O) groups excluding carboxylic acids is 1. The van der Waals surface area contributed by atoms with Crippen molar-refractivity contribution in [2.24, 2.45) is 0 Å². The summed E-state index contributed by atoms with van der Waals surface area (Å²) in [5, 5.41) is 0. The van der Waals surface area contributed by atoms with Crippen LogP contribution in [-0.2, 0) is 30.8 Å². The summed E-state index contributed by atoms with van der Waals surface area (Å²) in [5.41, 5.74) is -0.00146. The fraction of sp³-hybridized carbons (Fsp3) is 0.562. The number of nitrogens with zero attached hydrogens (tertiary/aromatic N) is 1. The Labute approximate surface area is 147 Å². The largest absolute Gasteiger partial charge is 0.464 e. The number of methoxy groups -OCH3 is 1.